The molecule has 19 heavy (non-hydrogen) atoms. The topological polar surface area (TPSA) is 26.3 Å². The first-order valence-corrected chi connectivity index (χ1v) is 5.73. The minimum Gasteiger partial charge on any atom is -0.497 e. The molecule has 0 spiro atoms. The molecular formula is C14H9ClF2O2. The van der Waals surface area contributed by atoms with Gasteiger partial charge in [0, 0.05) is 17.2 Å². The summed E-state index contributed by atoms with van der Waals surface area (Å²) in [5.74, 6) is -1.68. The molecule has 2 aromatic carbocycles. The first kappa shape index (κ1) is 13.5. The highest BCUT2D eigenvalue weighted by Crippen LogP contribution is 2.25. The zero-order valence-electron chi connectivity index (χ0n) is 9.91. The standard InChI is InChI=1S/C14H9ClF2O2/c1-19-11-2-3-12(13(15)7-11)14(18)8-4-9(16)6-10(17)5-8/h2-7H,1H3. The van der Waals surface area contributed by atoms with Gasteiger partial charge in [0.1, 0.15) is 17.4 Å². The number of ketones is 1. The molecule has 0 aromatic heterocycles. The fourth-order valence-electron chi connectivity index (χ4n) is 1.65. The van der Waals surface area contributed by atoms with Crippen molar-refractivity contribution in [1.29, 1.82) is 0 Å². The van der Waals surface area contributed by atoms with E-state index in [2.05, 4.69) is 0 Å². The predicted molar refractivity (Wildman–Crippen MR) is 67.8 cm³/mol. The molecule has 2 nitrogen and oxygen atoms in total. The second-order valence-corrected chi connectivity index (χ2v) is 4.24. The summed E-state index contributed by atoms with van der Waals surface area (Å²) in [7, 11) is 1.47. The number of carbonyl (C=O) groups excluding carboxylic acids is 1. The van der Waals surface area contributed by atoms with Crippen LogP contribution in [0.3, 0.4) is 0 Å². The monoisotopic (exact) mass is 282 g/mol. The third-order valence-corrected chi connectivity index (χ3v) is 2.86. The molecule has 0 N–H and O–H groups in total. The SMILES string of the molecule is COc1ccc(C(=O)c2cc(F)cc(F)c2)c(Cl)c1. The number of methoxy groups -OCH3 is 1. The van der Waals surface area contributed by atoms with Crippen LogP contribution in [0.25, 0.3) is 0 Å². The lowest BCUT2D eigenvalue weighted by atomic mass is 10.0. The molecule has 0 aliphatic heterocycles. The van der Waals surface area contributed by atoms with E-state index < -0.39 is 17.4 Å². The van der Waals surface area contributed by atoms with Gasteiger partial charge in [0.2, 0.25) is 0 Å². The van der Waals surface area contributed by atoms with Crippen LogP contribution >= 0.6 is 11.6 Å². The minimum absolute atomic E-state index is 0.0930. The van der Waals surface area contributed by atoms with Crippen molar-refractivity contribution in [3.8, 4) is 5.75 Å². The molecule has 98 valence electrons. The van der Waals surface area contributed by atoms with Crippen molar-refractivity contribution in [2.75, 3.05) is 7.11 Å². The quantitative estimate of drug-likeness (QED) is 0.799. The Labute approximate surface area is 113 Å². The maximum absolute atomic E-state index is 13.1. The lowest BCUT2D eigenvalue weighted by Crippen LogP contribution is -2.03. The first-order chi connectivity index (χ1) is 9.01. The third kappa shape index (κ3) is 2.90. The van der Waals surface area contributed by atoms with Crippen molar-refractivity contribution in [1.82, 2.24) is 0 Å². The molecule has 0 aliphatic carbocycles. The van der Waals surface area contributed by atoms with E-state index in [-0.39, 0.29) is 16.1 Å². The zero-order chi connectivity index (χ0) is 14.0. The fourth-order valence-corrected chi connectivity index (χ4v) is 1.90. The number of halogens is 3. The van der Waals surface area contributed by atoms with Crippen LogP contribution in [0.4, 0.5) is 8.78 Å². The highest BCUT2D eigenvalue weighted by Gasteiger charge is 2.15. The molecule has 2 rings (SSSR count). The molecule has 5 heteroatoms. The Balaban J connectivity index is 2.44. The van der Waals surface area contributed by atoms with E-state index in [0.717, 1.165) is 12.1 Å². The molecule has 0 atom stereocenters. The summed E-state index contributed by atoms with van der Waals surface area (Å²) in [6, 6.07) is 7.09. The molecule has 0 saturated carbocycles. The highest BCUT2D eigenvalue weighted by molar-refractivity contribution is 6.35. The highest BCUT2D eigenvalue weighted by atomic mass is 35.5. The Bertz CT molecular complexity index is 621. The van der Waals surface area contributed by atoms with Gasteiger partial charge in [0.05, 0.1) is 12.1 Å². The van der Waals surface area contributed by atoms with Crippen LogP contribution in [0.15, 0.2) is 36.4 Å². The van der Waals surface area contributed by atoms with Gasteiger partial charge in [-0.15, -0.1) is 0 Å². The van der Waals surface area contributed by atoms with Crippen LogP contribution < -0.4 is 4.74 Å². The predicted octanol–water partition coefficient (Wildman–Crippen LogP) is 3.86. The van der Waals surface area contributed by atoms with E-state index in [1.807, 2.05) is 0 Å². The van der Waals surface area contributed by atoms with Crippen LogP contribution in [-0.2, 0) is 0 Å². The Kier molecular flexibility index (Phi) is 3.81. The zero-order valence-corrected chi connectivity index (χ0v) is 10.7. The van der Waals surface area contributed by atoms with E-state index in [1.165, 1.54) is 19.2 Å². The van der Waals surface area contributed by atoms with Gasteiger partial charge in [0.15, 0.2) is 5.78 Å². The van der Waals surface area contributed by atoms with Crippen LogP contribution in [0.5, 0.6) is 5.75 Å². The van der Waals surface area contributed by atoms with Crippen molar-refractivity contribution in [3.05, 3.63) is 64.2 Å². The number of hydrogen-bond acceptors (Lipinski definition) is 2. The summed E-state index contributed by atoms with van der Waals surface area (Å²) < 4.78 is 31.1. The average Bonchev–Trinajstić information content (AvgIpc) is 2.36. The van der Waals surface area contributed by atoms with Crippen molar-refractivity contribution in [3.63, 3.8) is 0 Å². The minimum atomic E-state index is -0.812. The summed E-state index contributed by atoms with van der Waals surface area (Å²) >= 11 is 5.94. The smallest absolute Gasteiger partial charge is 0.194 e. The summed E-state index contributed by atoms with van der Waals surface area (Å²) in [5.41, 5.74) is 0.0667. The van der Waals surface area contributed by atoms with Crippen LogP contribution in [0.1, 0.15) is 15.9 Å². The van der Waals surface area contributed by atoms with E-state index in [1.54, 1.807) is 6.07 Å². The largest absolute Gasteiger partial charge is 0.497 e. The second-order valence-electron chi connectivity index (χ2n) is 3.83. The molecule has 0 amide bonds. The Morgan fingerprint density at radius 2 is 1.74 bits per heavy atom. The second kappa shape index (κ2) is 5.36. The molecule has 0 heterocycles. The van der Waals surface area contributed by atoms with Crippen LogP contribution in [0.2, 0.25) is 5.02 Å². The first-order valence-electron chi connectivity index (χ1n) is 5.35. The molecule has 0 bridgehead atoms. The van der Waals surface area contributed by atoms with Gasteiger partial charge in [-0.2, -0.15) is 0 Å². The number of hydrogen-bond donors (Lipinski definition) is 0. The maximum Gasteiger partial charge on any atom is 0.194 e. The molecule has 0 radical (unpaired) electrons. The average molecular weight is 283 g/mol. The molecule has 2 aromatic rings. The summed E-state index contributed by atoms with van der Waals surface area (Å²) in [6.45, 7) is 0. The van der Waals surface area contributed by atoms with E-state index in [4.69, 9.17) is 16.3 Å². The molecular weight excluding hydrogens is 274 g/mol. The Morgan fingerprint density at radius 1 is 1.11 bits per heavy atom. The summed E-state index contributed by atoms with van der Waals surface area (Å²) in [4.78, 5) is 12.1. The normalized spacial score (nSPS) is 10.3. The number of carbonyl (C=O) groups is 1. The van der Waals surface area contributed by atoms with Gasteiger partial charge in [-0.25, -0.2) is 8.78 Å². The van der Waals surface area contributed by atoms with E-state index in [9.17, 15) is 13.6 Å². The number of rotatable bonds is 3. The number of ether oxygens (including phenoxy) is 1. The van der Waals surface area contributed by atoms with Gasteiger partial charge in [-0.1, -0.05) is 11.6 Å². The van der Waals surface area contributed by atoms with Gasteiger partial charge >= 0.3 is 0 Å². The molecule has 0 aliphatic rings. The fraction of sp³-hybridized carbons (Fsp3) is 0.0714. The third-order valence-electron chi connectivity index (χ3n) is 2.55. The number of benzene rings is 2. The summed E-state index contributed by atoms with van der Waals surface area (Å²) in [6.07, 6.45) is 0. The van der Waals surface area contributed by atoms with Gasteiger partial charge in [0.25, 0.3) is 0 Å². The summed E-state index contributed by atoms with van der Waals surface area (Å²) in [5, 5.41) is 0.161. The molecule has 0 fully saturated rings. The van der Waals surface area contributed by atoms with Gasteiger partial charge < -0.3 is 4.74 Å². The van der Waals surface area contributed by atoms with Crippen molar-refractivity contribution in [2.24, 2.45) is 0 Å². The van der Waals surface area contributed by atoms with E-state index >= 15 is 0 Å². The maximum atomic E-state index is 13.1. The van der Waals surface area contributed by atoms with Gasteiger partial charge in [-0.05, 0) is 30.3 Å². The Morgan fingerprint density at radius 3 is 2.26 bits per heavy atom. The molecule has 0 saturated heterocycles. The lowest BCUT2D eigenvalue weighted by Gasteiger charge is -2.06. The molecule has 0 unspecified atom stereocenters. The van der Waals surface area contributed by atoms with Crippen LogP contribution in [0, 0.1) is 11.6 Å². The van der Waals surface area contributed by atoms with Gasteiger partial charge in [-0.3, -0.25) is 4.79 Å². The lowest BCUT2D eigenvalue weighted by molar-refractivity contribution is 0.103. The van der Waals surface area contributed by atoms with Crippen molar-refractivity contribution < 1.29 is 18.3 Å². The van der Waals surface area contributed by atoms with Crippen molar-refractivity contribution >= 4 is 17.4 Å². The van der Waals surface area contributed by atoms with E-state index in [0.29, 0.717) is 11.8 Å². The van der Waals surface area contributed by atoms with Crippen LogP contribution in [-0.4, -0.2) is 12.9 Å². The Hall–Kier alpha value is -1.94. The van der Waals surface area contributed by atoms with Crippen molar-refractivity contribution in [2.45, 2.75) is 0 Å².